The van der Waals surface area contributed by atoms with Crippen LogP contribution in [0.4, 0.5) is 10.5 Å². The minimum absolute atomic E-state index is 0.0739. The summed E-state index contributed by atoms with van der Waals surface area (Å²) in [6, 6.07) is 9.85. The van der Waals surface area contributed by atoms with E-state index in [1.54, 1.807) is 36.4 Å². The highest BCUT2D eigenvalue weighted by Gasteiger charge is 2.20. The topological polar surface area (TPSA) is 111 Å². The second-order valence-corrected chi connectivity index (χ2v) is 6.27. The maximum atomic E-state index is 12.1. The van der Waals surface area contributed by atoms with Crippen LogP contribution in [0.2, 0.25) is 0 Å². The second-order valence-electron chi connectivity index (χ2n) is 6.27. The first-order valence-electron chi connectivity index (χ1n) is 8.79. The van der Waals surface area contributed by atoms with Gasteiger partial charge in [-0.3, -0.25) is 9.80 Å². The molecule has 2 aromatic rings. The summed E-state index contributed by atoms with van der Waals surface area (Å²) in [5, 5.41) is 1.83. The second kappa shape index (κ2) is 9.20. The van der Waals surface area contributed by atoms with Crippen LogP contribution >= 0.6 is 0 Å². The molecular weight excluding hydrogens is 360 g/mol. The van der Waals surface area contributed by atoms with Gasteiger partial charge in [0.2, 0.25) is 0 Å². The molecule has 8 nitrogen and oxygen atoms in total. The average molecular weight is 386 g/mol. The Morgan fingerprint density at radius 1 is 1.11 bits per heavy atom. The molecular formula is C20H26N4O4. The number of benzene rings is 2. The fourth-order valence-electron chi connectivity index (χ4n) is 2.73. The molecule has 0 spiro atoms. The smallest absolute Gasteiger partial charge is 0.352 e. The summed E-state index contributed by atoms with van der Waals surface area (Å²) in [5.41, 5.74) is 2.49. The lowest BCUT2D eigenvalue weighted by atomic mass is 10.1. The molecule has 0 saturated heterocycles. The first-order valence-corrected chi connectivity index (χ1v) is 8.79. The number of hydrogen-bond donors (Lipinski definition) is 2. The van der Waals surface area contributed by atoms with E-state index in [9.17, 15) is 9.59 Å². The Morgan fingerprint density at radius 2 is 1.82 bits per heavy atom. The number of hydrogen-bond acceptors (Lipinski definition) is 6. The number of nitrogens with two attached hydrogens (primary N) is 2. The molecule has 0 aliphatic heterocycles. The Labute approximate surface area is 164 Å². The Morgan fingerprint density at radius 3 is 2.39 bits per heavy atom. The van der Waals surface area contributed by atoms with Crippen molar-refractivity contribution >= 4 is 17.5 Å². The quantitative estimate of drug-likeness (QED) is 0.328. The zero-order valence-corrected chi connectivity index (χ0v) is 16.6. The van der Waals surface area contributed by atoms with E-state index in [4.69, 9.17) is 21.2 Å². The zero-order valence-electron chi connectivity index (χ0n) is 16.6. The number of aryl methyl sites for hydroxylation is 1. The van der Waals surface area contributed by atoms with Gasteiger partial charge in [0.05, 0.1) is 18.4 Å². The summed E-state index contributed by atoms with van der Waals surface area (Å²) in [6.07, 6.45) is 0.445. The number of methoxy groups -OCH3 is 1. The minimum Gasteiger partial charge on any atom is -0.496 e. The maximum absolute atomic E-state index is 12.1. The predicted molar refractivity (Wildman–Crippen MR) is 107 cm³/mol. The maximum Gasteiger partial charge on any atom is 0.352 e. The van der Waals surface area contributed by atoms with Crippen molar-refractivity contribution in [3.05, 3.63) is 53.1 Å². The molecule has 0 atom stereocenters. The van der Waals surface area contributed by atoms with Crippen LogP contribution in [0, 0.1) is 6.92 Å². The number of hydrazine groups is 2. The third-order valence-corrected chi connectivity index (χ3v) is 4.29. The van der Waals surface area contributed by atoms with E-state index in [0.29, 0.717) is 34.7 Å². The van der Waals surface area contributed by atoms with E-state index < -0.39 is 6.03 Å². The molecule has 150 valence electrons. The summed E-state index contributed by atoms with van der Waals surface area (Å²) in [4.78, 5) is 24.0. The lowest BCUT2D eigenvalue weighted by Crippen LogP contribution is -2.49. The molecule has 0 saturated carbocycles. The molecule has 0 aromatic heterocycles. The molecule has 0 aliphatic carbocycles. The fourth-order valence-corrected chi connectivity index (χ4v) is 2.73. The minimum atomic E-state index is -0.590. The van der Waals surface area contributed by atoms with Crippen LogP contribution in [0.15, 0.2) is 36.4 Å². The van der Waals surface area contributed by atoms with Crippen molar-refractivity contribution in [1.29, 1.82) is 0 Å². The molecule has 28 heavy (non-hydrogen) atoms. The third-order valence-electron chi connectivity index (χ3n) is 4.29. The van der Waals surface area contributed by atoms with E-state index >= 15 is 0 Å². The van der Waals surface area contributed by atoms with Crippen LogP contribution in [0.25, 0.3) is 0 Å². The number of nitrogens with zero attached hydrogens (tertiary/aromatic N) is 2. The van der Waals surface area contributed by atoms with Crippen molar-refractivity contribution in [3.63, 3.8) is 0 Å². The van der Waals surface area contributed by atoms with Crippen molar-refractivity contribution < 1.29 is 19.1 Å². The van der Waals surface area contributed by atoms with Gasteiger partial charge in [-0.1, -0.05) is 13.0 Å². The first-order chi connectivity index (χ1) is 13.3. The summed E-state index contributed by atoms with van der Waals surface area (Å²) in [6.45, 7) is 3.80. The summed E-state index contributed by atoms with van der Waals surface area (Å²) in [7, 11) is 2.93. The molecule has 4 N–H and O–H groups in total. The zero-order chi connectivity index (χ0) is 20.8. The van der Waals surface area contributed by atoms with Crippen LogP contribution in [-0.4, -0.2) is 31.0 Å². The van der Waals surface area contributed by atoms with Crippen LogP contribution in [-0.2, 0) is 6.61 Å². The molecule has 2 rings (SSSR count). The van der Waals surface area contributed by atoms with Crippen molar-refractivity contribution in [2.24, 2.45) is 11.7 Å². The molecule has 0 unspecified atom stereocenters. The van der Waals surface area contributed by atoms with Gasteiger partial charge in [-0.25, -0.2) is 21.5 Å². The van der Waals surface area contributed by atoms with Gasteiger partial charge in [0.1, 0.15) is 18.1 Å². The van der Waals surface area contributed by atoms with E-state index in [1.165, 1.54) is 14.2 Å². The van der Waals surface area contributed by atoms with Gasteiger partial charge in [0.25, 0.3) is 0 Å². The van der Waals surface area contributed by atoms with Crippen molar-refractivity contribution in [2.45, 2.75) is 26.9 Å². The Bertz CT molecular complexity index is 867. The highest BCUT2D eigenvalue weighted by Crippen LogP contribution is 2.31. The molecule has 0 radical (unpaired) electrons. The summed E-state index contributed by atoms with van der Waals surface area (Å²) < 4.78 is 11.3. The molecule has 0 heterocycles. The normalized spacial score (nSPS) is 10.4. The van der Waals surface area contributed by atoms with Gasteiger partial charge in [0, 0.05) is 19.0 Å². The van der Waals surface area contributed by atoms with Crippen LogP contribution < -0.4 is 26.2 Å². The SMILES string of the molecule is CCC(=O)c1ccc(OCc2c(OC)cccc2N(N)C(=O)N(C)N)c(C)c1. The fraction of sp³-hybridized carbons (Fsp3) is 0.300. The van der Waals surface area contributed by atoms with E-state index in [1.807, 2.05) is 13.8 Å². The molecule has 0 bridgehead atoms. The van der Waals surface area contributed by atoms with Crippen molar-refractivity contribution in [3.8, 4) is 11.5 Å². The van der Waals surface area contributed by atoms with Gasteiger partial charge in [-0.2, -0.15) is 0 Å². The molecule has 2 amide bonds. The largest absolute Gasteiger partial charge is 0.496 e. The van der Waals surface area contributed by atoms with Crippen LogP contribution in [0.1, 0.15) is 34.8 Å². The monoisotopic (exact) mass is 386 g/mol. The van der Waals surface area contributed by atoms with E-state index in [0.717, 1.165) is 15.6 Å². The van der Waals surface area contributed by atoms with Crippen LogP contribution in [0.3, 0.4) is 0 Å². The lowest BCUT2D eigenvalue weighted by molar-refractivity contribution is 0.0988. The van der Waals surface area contributed by atoms with Gasteiger partial charge < -0.3 is 9.47 Å². The number of amides is 2. The molecule has 0 aliphatic rings. The van der Waals surface area contributed by atoms with Crippen molar-refractivity contribution in [2.75, 3.05) is 19.2 Å². The summed E-state index contributed by atoms with van der Waals surface area (Å²) in [5.74, 6) is 12.7. The number of rotatable bonds is 7. The highest BCUT2D eigenvalue weighted by atomic mass is 16.5. The number of anilines is 1. The molecule has 0 fully saturated rings. The summed E-state index contributed by atoms with van der Waals surface area (Å²) >= 11 is 0. The average Bonchev–Trinajstić information content (AvgIpc) is 2.70. The van der Waals surface area contributed by atoms with E-state index in [-0.39, 0.29) is 12.4 Å². The standard InChI is InChI=1S/C20H26N4O4/c1-5-17(25)14-9-10-18(13(2)11-14)28-12-15-16(7-6-8-19(15)27-4)24(22)20(26)23(3)21/h6-11H,5,12,21-22H2,1-4H3. The highest BCUT2D eigenvalue weighted by molar-refractivity contribution is 5.96. The number of urea groups is 1. The van der Waals surface area contributed by atoms with Gasteiger partial charge >= 0.3 is 6.03 Å². The van der Waals surface area contributed by atoms with Gasteiger partial charge in [-0.15, -0.1) is 0 Å². The lowest BCUT2D eigenvalue weighted by Gasteiger charge is -2.24. The third kappa shape index (κ3) is 4.59. The number of carbonyl (C=O) groups excluding carboxylic acids is 2. The number of Topliss-reactive ketones (excluding diaryl/α,β-unsaturated/α-hetero) is 1. The number of ether oxygens (including phenoxy) is 2. The van der Waals surface area contributed by atoms with Crippen molar-refractivity contribution in [1.82, 2.24) is 5.01 Å². The van der Waals surface area contributed by atoms with E-state index in [2.05, 4.69) is 0 Å². The number of ketones is 1. The molecule has 8 heteroatoms. The number of carbonyl (C=O) groups is 2. The Hall–Kier alpha value is -3.10. The first kappa shape index (κ1) is 21.2. The Kier molecular flexibility index (Phi) is 6.97. The van der Waals surface area contributed by atoms with Gasteiger partial charge in [0.15, 0.2) is 5.78 Å². The van der Waals surface area contributed by atoms with Gasteiger partial charge in [-0.05, 0) is 42.8 Å². The van der Waals surface area contributed by atoms with Crippen LogP contribution in [0.5, 0.6) is 11.5 Å². The Balaban J connectivity index is 2.31. The predicted octanol–water partition coefficient (Wildman–Crippen LogP) is 2.78. The molecule has 2 aromatic carbocycles.